The molecule has 4 N–H and O–H groups in total. The molecule has 4 unspecified atom stereocenters. The molecule has 0 saturated heterocycles. The number of aliphatic hydroxyl groups is 2. The quantitative estimate of drug-likeness (QED) is 0.315. The van der Waals surface area contributed by atoms with Gasteiger partial charge in [-0.1, -0.05) is 26.2 Å². The van der Waals surface area contributed by atoms with Gasteiger partial charge in [-0.2, -0.15) is 0 Å². The SMILES string of the molecule is CN=C(NCC1CCCC1O)NCC1(C)CCCCC1O.I. The van der Waals surface area contributed by atoms with Crippen LogP contribution >= 0.6 is 24.0 Å². The molecule has 0 aromatic rings. The van der Waals surface area contributed by atoms with Crippen LogP contribution in [-0.4, -0.2) is 48.5 Å². The second-order valence-corrected chi connectivity index (χ2v) is 6.98. The van der Waals surface area contributed by atoms with Crippen molar-refractivity contribution in [1.82, 2.24) is 10.6 Å². The number of hydrogen-bond donors (Lipinski definition) is 4. The van der Waals surface area contributed by atoms with Gasteiger partial charge >= 0.3 is 0 Å². The fraction of sp³-hybridized carbons (Fsp3) is 0.938. The summed E-state index contributed by atoms with van der Waals surface area (Å²) in [5.41, 5.74) is -0.0667. The lowest BCUT2D eigenvalue weighted by Crippen LogP contribution is -2.49. The Morgan fingerprint density at radius 3 is 2.50 bits per heavy atom. The van der Waals surface area contributed by atoms with E-state index in [2.05, 4.69) is 22.5 Å². The Morgan fingerprint density at radius 1 is 1.14 bits per heavy atom. The molecule has 2 saturated carbocycles. The smallest absolute Gasteiger partial charge is 0.191 e. The Bertz CT molecular complexity index is 367. The molecule has 0 aromatic carbocycles. The molecule has 0 aromatic heterocycles. The number of halogens is 1. The third-order valence-corrected chi connectivity index (χ3v) is 5.31. The Balaban J connectivity index is 0.00000242. The summed E-state index contributed by atoms with van der Waals surface area (Å²) in [5, 5.41) is 26.7. The van der Waals surface area contributed by atoms with Crippen molar-refractivity contribution in [3.8, 4) is 0 Å². The van der Waals surface area contributed by atoms with Gasteiger partial charge < -0.3 is 20.8 Å². The summed E-state index contributed by atoms with van der Waals surface area (Å²) in [6.07, 6.45) is 6.99. The first kappa shape index (κ1) is 20.0. The zero-order valence-electron chi connectivity index (χ0n) is 13.8. The molecule has 6 heteroatoms. The molecule has 2 aliphatic rings. The van der Waals surface area contributed by atoms with Crippen molar-refractivity contribution in [2.45, 2.75) is 64.1 Å². The van der Waals surface area contributed by atoms with Gasteiger partial charge in [-0.3, -0.25) is 4.99 Å². The summed E-state index contributed by atoms with van der Waals surface area (Å²) in [7, 11) is 1.76. The van der Waals surface area contributed by atoms with Gasteiger partial charge in [0, 0.05) is 31.5 Å². The lowest BCUT2D eigenvalue weighted by molar-refractivity contribution is 0.00396. The Kier molecular flexibility index (Phi) is 8.42. The normalized spacial score (nSPS) is 35.8. The maximum atomic E-state index is 10.2. The largest absolute Gasteiger partial charge is 0.393 e. The van der Waals surface area contributed by atoms with Gasteiger partial charge in [0.2, 0.25) is 0 Å². The van der Waals surface area contributed by atoms with Crippen LogP contribution in [-0.2, 0) is 0 Å². The number of nitrogens with one attached hydrogen (secondary N) is 2. The maximum Gasteiger partial charge on any atom is 0.191 e. The first-order valence-corrected chi connectivity index (χ1v) is 8.36. The molecule has 2 aliphatic carbocycles. The average Bonchev–Trinajstić information content (AvgIpc) is 2.88. The number of aliphatic imine (C=N–C) groups is 1. The maximum absolute atomic E-state index is 10.2. The molecule has 5 nitrogen and oxygen atoms in total. The monoisotopic (exact) mass is 425 g/mol. The molecule has 0 spiro atoms. The van der Waals surface area contributed by atoms with Crippen LogP contribution in [0.2, 0.25) is 0 Å². The van der Waals surface area contributed by atoms with Crippen molar-refractivity contribution in [1.29, 1.82) is 0 Å². The molecule has 130 valence electrons. The highest BCUT2D eigenvalue weighted by molar-refractivity contribution is 14.0. The first-order chi connectivity index (χ1) is 10.0. The number of aliphatic hydroxyl groups excluding tert-OH is 2. The minimum absolute atomic E-state index is 0. The number of nitrogens with zero attached hydrogens (tertiary/aromatic N) is 1. The van der Waals surface area contributed by atoms with E-state index in [4.69, 9.17) is 0 Å². The zero-order valence-corrected chi connectivity index (χ0v) is 16.2. The van der Waals surface area contributed by atoms with Gasteiger partial charge in [-0.25, -0.2) is 0 Å². The Hall–Kier alpha value is -0.0800. The molecule has 0 bridgehead atoms. The van der Waals surface area contributed by atoms with Crippen molar-refractivity contribution in [3.63, 3.8) is 0 Å². The molecule has 0 heterocycles. The fourth-order valence-corrected chi connectivity index (χ4v) is 3.58. The topological polar surface area (TPSA) is 76.9 Å². The van der Waals surface area contributed by atoms with E-state index in [0.29, 0.717) is 5.92 Å². The second kappa shape index (κ2) is 9.27. The van der Waals surface area contributed by atoms with Crippen LogP contribution in [0.4, 0.5) is 0 Å². The molecular formula is C16H32IN3O2. The van der Waals surface area contributed by atoms with Gasteiger partial charge in [-0.15, -0.1) is 24.0 Å². The van der Waals surface area contributed by atoms with Crippen LogP contribution in [0.15, 0.2) is 4.99 Å². The Morgan fingerprint density at radius 2 is 1.91 bits per heavy atom. The van der Waals surface area contributed by atoms with E-state index in [0.717, 1.165) is 57.6 Å². The molecule has 22 heavy (non-hydrogen) atoms. The van der Waals surface area contributed by atoms with Gasteiger partial charge in [0.25, 0.3) is 0 Å². The molecular weight excluding hydrogens is 393 g/mol. The fourth-order valence-electron chi connectivity index (χ4n) is 3.58. The van der Waals surface area contributed by atoms with Gasteiger partial charge in [0.1, 0.15) is 0 Å². The van der Waals surface area contributed by atoms with Crippen LogP contribution in [0, 0.1) is 11.3 Å². The van der Waals surface area contributed by atoms with Crippen molar-refractivity contribution in [3.05, 3.63) is 0 Å². The molecule has 0 aliphatic heterocycles. The predicted molar refractivity (Wildman–Crippen MR) is 101 cm³/mol. The highest BCUT2D eigenvalue weighted by Gasteiger charge is 2.35. The predicted octanol–water partition coefficient (Wildman–Crippen LogP) is 1.87. The summed E-state index contributed by atoms with van der Waals surface area (Å²) < 4.78 is 0. The molecule has 2 rings (SSSR count). The minimum Gasteiger partial charge on any atom is -0.393 e. The van der Waals surface area contributed by atoms with E-state index in [1.165, 1.54) is 6.42 Å². The van der Waals surface area contributed by atoms with E-state index in [1.54, 1.807) is 7.05 Å². The van der Waals surface area contributed by atoms with Crippen LogP contribution in [0.3, 0.4) is 0 Å². The van der Waals surface area contributed by atoms with Crippen molar-refractivity contribution < 1.29 is 10.2 Å². The van der Waals surface area contributed by atoms with Gasteiger partial charge in [0.05, 0.1) is 12.2 Å². The summed E-state index contributed by atoms with van der Waals surface area (Å²) in [6.45, 7) is 3.65. The van der Waals surface area contributed by atoms with Crippen LogP contribution in [0.5, 0.6) is 0 Å². The van der Waals surface area contributed by atoms with Crippen LogP contribution in [0.25, 0.3) is 0 Å². The molecule has 4 atom stereocenters. The van der Waals surface area contributed by atoms with Gasteiger partial charge in [-0.05, 0) is 25.7 Å². The van der Waals surface area contributed by atoms with Crippen molar-refractivity contribution in [2.75, 3.05) is 20.1 Å². The first-order valence-electron chi connectivity index (χ1n) is 8.36. The van der Waals surface area contributed by atoms with Gasteiger partial charge in [0.15, 0.2) is 5.96 Å². The highest BCUT2D eigenvalue weighted by Crippen LogP contribution is 2.35. The summed E-state index contributed by atoms with van der Waals surface area (Å²) in [6, 6.07) is 0. The minimum atomic E-state index is -0.228. The lowest BCUT2D eigenvalue weighted by Gasteiger charge is -2.38. The number of hydrogen-bond acceptors (Lipinski definition) is 3. The lowest BCUT2D eigenvalue weighted by atomic mass is 9.73. The van der Waals surface area contributed by atoms with E-state index in [9.17, 15) is 10.2 Å². The number of guanidine groups is 1. The Labute approximate surface area is 151 Å². The molecule has 0 radical (unpaired) electrons. The van der Waals surface area contributed by atoms with Crippen molar-refractivity contribution >= 4 is 29.9 Å². The molecule has 0 amide bonds. The second-order valence-electron chi connectivity index (χ2n) is 6.98. The van der Waals surface area contributed by atoms with Crippen molar-refractivity contribution in [2.24, 2.45) is 16.3 Å². The van der Waals surface area contributed by atoms with E-state index < -0.39 is 0 Å². The van der Waals surface area contributed by atoms with Crippen LogP contribution < -0.4 is 10.6 Å². The van der Waals surface area contributed by atoms with E-state index in [1.807, 2.05) is 0 Å². The summed E-state index contributed by atoms with van der Waals surface area (Å²) in [5.74, 6) is 1.10. The third-order valence-electron chi connectivity index (χ3n) is 5.31. The molecule has 2 fully saturated rings. The highest BCUT2D eigenvalue weighted by atomic mass is 127. The average molecular weight is 425 g/mol. The zero-order chi connectivity index (χ0) is 15.3. The number of rotatable bonds is 4. The summed E-state index contributed by atoms with van der Waals surface area (Å²) >= 11 is 0. The summed E-state index contributed by atoms with van der Waals surface area (Å²) in [4.78, 5) is 4.25. The van der Waals surface area contributed by atoms with E-state index >= 15 is 0 Å². The van der Waals surface area contributed by atoms with Crippen LogP contribution in [0.1, 0.15) is 51.9 Å². The van der Waals surface area contributed by atoms with E-state index in [-0.39, 0.29) is 41.6 Å². The third kappa shape index (κ3) is 5.23. The standard InChI is InChI=1S/C16H31N3O2.HI/c1-16(9-4-3-8-14(16)21)11-19-15(17-2)18-10-12-6-5-7-13(12)20;/h12-14,20-21H,3-11H2,1-2H3,(H2,17,18,19);1H.